The Hall–Kier alpha value is -1.12. The van der Waals surface area contributed by atoms with Crippen LogP contribution in [0, 0.1) is 6.92 Å². The third kappa shape index (κ3) is 2.82. The van der Waals surface area contributed by atoms with Gasteiger partial charge in [-0.25, -0.2) is 0 Å². The Balaban J connectivity index is 2.28. The van der Waals surface area contributed by atoms with E-state index < -0.39 is 6.10 Å². The Morgan fingerprint density at radius 1 is 1.06 bits per heavy atom. The van der Waals surface area contributed by atoms with Gasteiger partial charge in [-0.3, -0.25) is 0 Å². The maximum Gasteiger partial charge on any atom is 0.104 e. The van der Waals surface area contributed by atoms with E-state index in [1.165, 1.54) is 5.56 Å². The molecule has 0 amide bonds. The first kappa shape index (κ1) is 13.3. The zero-order valence-corrected chi connectivity index (χ0v) is 12.2. The number of rotatable bonds is 3. The predicted molar refractivity (Wildman–Crippen MR) is 78.8 cm³/mol. The van der Waals surface area contributed by atoms with Crippen molar-refractivity contribution in [3.05, 3.63) is 69.2 Å². The van der Waals surface area contributed by atoms with Crippen LogP contribution in [0.25, 0.3) is 0 Å². The third-order valence-corrected chi connectivity index (χ3v) is 4.09. The first-order valence-corrected chi connectivity index (χ1v) is 6.94. The molecule has 94 valence electrons. The minimum atomic E-state index is -0.553. The molecule has 1 nitrogen and oxygen atoms in total. The Labute approximate surface area is 117 Å². The average molecular weight is 305 g/mol. The maximum absolute atomic E-state index is 10.4. The summed E-state index contributed by atoms with van der Waals surface area (Å²) in [4.78, 5) is 0. The highest BCUT2D eigenvalue weighted by atomic mass is 79.9. The van der Waals surface area contributed by atoms with Crippen molar-refractivity contribution in [3.8, 4) is 0 Å². The van der Waals surface area contributed by atoms with Gasteiger partial charge < -0.3 is 5.11 Å². The van der Waals surface area contributed by atoms with Gasteiger partial charge in [0.2, 0.25) is 0 Å². The van der Waals surface area contributed by atoms with Gasteiger partial charge in [-0.05, 0) is 41.7 Å². The lowest BCUT2D eigenvalue weighted by Gasteiger charge is -2.13. The van der Waals surface area contributed by atoms with E-state index >= 15 is 0 Å². The quantitative estimate of drug-likeness (QED) is 0.891. The molecule has 0 aliphatic carbocycles. The lowest BCUT2D eigenvalue weighted by molar-refractivity contribution is 0.220. The van der Waals surface area contributed by atoms with Crippen LogP contribution in [-0.4, -0.2) is 5.11 Å². The normalized spacial score (nSPS) is 12.4. The lowest BCUT2D eigenvalue weighted by atomic mass is 9.99. The summed E-state index contributed by atoms with van der Waals surface area (Å²) in [5.74, 6) is 0. The lowest BCUT2D eigenvalue weighted by Crippen LogP contribution is -2.00. The van der Waals surface area contributed by atoms with Crippen molar-refractivity contribution >= 4 is 15.9 Å². The molecule has 0 saturated carbocycles. The predicted octanol–water partition coefficient (Wildman–Crippen LogP) is 4.40. The summed E-state index contributed by atoms with van der Waals surface area (Å²) in [6.45, 7) is 4.16. The Kier molecular flexibility index (Phi) is 4.20. The van der Waals surface area contributed by atoms with Crippen LogP contribution in [0.1, 0.15) is 35.3 Å². The molecule has 0 heterocycles. The van der Waals surface area contributed by atoms with Crippen molar-refractivity contribution in [1.29, 1.82) is 0 Å². The van der Waals surface area contributed by atoms with Crippen molar-refractivity contribution < 1.29 is 5.11 Å². The highest BCUT2D eigenvalue weighted by molar-refractivity contribution is 9.10. The van der Waals surface area contributed by atoms with Crippen molar-refractivity contribution in [3.63, 3.8) is 0 Å². The second-order valence-electron chi connectivity index (χ2n) is 4.51. The van der Waals surface area contributed by atoms with Gasteiger partial charge in [-0.1, -0.05) is 59.3 Å². The molecule has 2 aromatic rings. The number of halogens is 1. The van der Waals surface area contributed by atoms with Crippen LogP contribution < -0.4 is 0 Å². The standard InChI is InChI=1S/C16H17BrO/c1-3-12-4-6-13(7-5-12)16(18)14-8-9-15(17)11(2)10-14/h4-10,16,18H,3H2,1-2H3. The molecule has 1 unspecified atom stereocenters. The number of hydrogen-bond donors (Lipinski definition) is 1. The van der Waals surface area contributed by atoms with E-state index in [2.05, 4.69) is 35.0 Å². The average Bonchev–Trinajstić information content (AvgIpc) is 2.41. The number of aryl methyl sites for hydroxylation is 2. The summed E-state index contributed by atoms with van der Waals surface area (Å²) in [6.07, 6.45) is 0.469. The monoisotopic (exact) mass is 304 g/mol. The van der Waals surface area contributed by atoms with Gasteiger partial charge in [0.05, 0.1) is 0 Å². The molecule has 0 aromatic heterocycles. The number of aliphatic hydroxyl groups excluding tert-OH is 1. The fourth-order valence-electron chi connectivity index (χ4n) is 1.97. The summed E-state index contributed by atoms with van der Waals surface area (Å²) < 4.78 is 1.07. The SMILES string of the molecule is CCc1ccc(C(O)c2ccc(Br)c(C)c2)cc1. The number of hydrogen-bond acceptors (Lipinski definition) is 1. The minimum Gasteiger partial charge on any atom is -0.384 e. The van der Waals surface area contributed by atoms with Gasteiger partial charge in [-0.2, -0.15) is 0 Å². The van der Waals surface area contributed by atoms with E-state index in [-0.39, 0.29) is 0 Å². The number of aliphatic hydroxyl groups is 1. The molecular formula is C16H17BrO. The van der Waals surface area contributed by atoms with Crippen LogP contribution in [0.15, 0.2) is 46.9 Å². The third-order valence-electron chi connectivity index (χ3n) is 3.20. The van der Waals surface area contributed by atoms with Crippen LogP contribution in [0.4, 0.5) is 0 Å². The molecule has 2 rings (SSSR count). The van der Waals surface area contributed by atoms with Crippen molar-refractivity contribution in [1.82, 2.24) is 0 Å². The van der Waals surface area contributed by atoms with E-state index in [1.54, 1.807) is 0 Å². The zero-order chi connectivity index (χ0) is 13.1. The van der Waals surface area contributed by atoms with E-state index in [1.807, 2.05) is 37.3 Å². The van der Waals surface area contributed by atoms with Crippen LogP contribution in [0.3, 0.4) is 0 Å². The molecule has 0 fully saturated rings. The highest BCUT2D eigenvalue weighted by Crippen LogP contribution is 2.26. The molecule has 2 aromatic carbocycles. The van der Waals surface area contributed by atoms with Crippen LogP contribution in [0.2, 0.25) is 0 Å². The summed E-state index contributed by atoms with van der Waals surface area (Å²) in [5, 5.41) is 10.4. The van der Waals surface area contributed by atoms with Gasteiger partial charge >= 0.3 is 0 Å². The molecule has 0 saturated heterocycles. The summed E-state index contributed by atoms with van der Waals surface area (Å²) in [6, 6.07) is 14.1. The minimum absolute atomic E-state index is 0.553. The van der Waals surface area contributed by atoms with Crippen molar-refractivity contribution in [2.45, 2.75) is 26.4 Å². The molecule has 18 heavy (non-hydrogen) atoms. The molecule has 0 aliphatic heterocycles. The van der Waals surface area contributed by atoms with E-state index in [4.69, 9.17) is 0 Å². The van der Waals surface area contributed by atoms with Crippen LogP contribution in [0.5, 0.6) is 0 Å². The largest absolute Gasteiger partial charge is 0.384 e. The summed E-state index contributed by atoms with van der Waals surface area (Å²) >= 11 is 3.47. The molecular weight excluding hydrogens is 288 g/mol. The molecule has 1 atom stereocenters. The molecule has 1 N–H and O–H groups in total. The smallest absolute Gasteiger partial charge is 0.104 e. The van der Waals surface area contributed by atoms with Gasteiger partial charge in [0.25, 0.3) is 0 Å². The first-order valence-electron chi connectivity index (χ1n) is 6.14. The highest BCUT2D eigenvalue weighted by Gasteiger charge is 2.11. The van der Waals surface area contributed by atoms with Crippen LogP contribution >= 0.6 is 15.9 Å². The van der Waals surface area contributed by atoms with Crippen molar-refractivity contribution in [2.75, 3.05) is 0 Å². The molecule has 0 radical (unpaired) electrons. The van der Waals surface area contributed by atoms with Gasteiger partial charge in [0.15, 0.2) is 0 Å². The molecule has 0 aliphatic rings. The fraction of sp³-hybridized carbons (Fsp3) is 0.250. The Morgan fingerprint density at radius 2 is 1.67 bits per heavy atom. The first-order chi connectivity index (χ1) is 8.61. The second-order valence-corrected chi connectivity index (χ2v) is 5.36. The summed E-state index contributed by atoms with van der Waals surface area (Å²) in [5.41, 5.74) is 4.29. The number of benzene rings is 2. The van der Waals surface area contributed by atoms with Gasteiger partial charge in [0, 0.05) is 4.47 Å². The zero-order valence-electron chi connectivity index (χ0n) is 10.7. The fourth-order valence-corrected chi connectivity index (χ4v) is 2.21. The second kappa shape index (κ2) is 5.68. The van der Waals surface area contributed by atoms with E-state index in [0.717, 1.165) is 27.6 Å². The van der Waals surface area contributed by atoms with E-state index in [9.17, 15) is 5.11 Å². The molecule has 0 spiro atoms. The molecule has 0 bridgehead atoms. The summed E-state index contributed by atoms with van der Waals surface area (Å²) in [7, 11) is 0. The van der Waals surface area contributed by atoms with Gasteiger partial charge in [0.1, 0.15) is 6.10 Å². The Morgan fingerprint density at radius 3 is 2.22 bits per heavy atom. The van der Waals surface area contributed by atoms with Crippen molar-refractivity contribution in [2.24, 2.45) is 0 Å². The molecule has 2 heteroatoms. The van der Waals surface area contributed by atoms with Gasteiger partial charge in [-0.15, -0.1) is 0 Å². The maximum atomic E-state index is 10.4. The Bertz CT molecular complexity index is 531. The topological polar surface area (TPSA) is 20.2 Å². The van der Waals surface area contributed by atoms with Crippen LogP contribution in [-0.2, 0) is 6.42 Å². The van der Waals surface area contributed by atoms with E-state index in [0.29, 0.717) is 0 Å².